The third-order valence-corrected chi connectivity index (χ3v) is 3.86. The van der Waals surface area contributed by atoms with Gasteiger partial charge in [0.25, 0.3) is 0 Å². The molecule has 1 aliphatic heterocycles. The van der Waals surface area contributed by atoms with Crippen LogP contribution < -0.4 is 10.5 Å². The van der Waals surface area contributed by atoms with Crippen LogP contribution in [0.3, 0.4) is 0 Å². The highest BCUT2D eigenvalue weighted by molar-refractivity contribution is 5.36. The van der Waals surface area contributed by atoms with E-state index >= 15 is 0 Å². The second-order valence-electron chi connectivity index (χ2n) is 5.06. The Hall–Kier alpha value is -1.06. The molecule has 1 atom stereocenters. The van der Waals surface area contributed by atoms with Gasteiger partial charge in [0.15, 0.2) is 0 Å². The average Bonchev–Trinajstić information content (AvgIpc) is 2.90. The molecule has 0 aliphatic carbocycles. The maximum atomic E-state index is 5.79. The lowest BCUT2D eigenvalue weighted by atomic mass is 9.97. The summed E-state index contributed by atoms with van der Waals surface area (Å²) < 4.78 is 5.28. The molecule has 0 radical (unpaired) electrons. The van der Waals surface area contributed by atoms with Crippen molar-refractivity contribution in [3.63, 3.8) is 0 Å². The van der Waals surface area contributed by atoms with Crippen LogP contribution in [-0.4, -0.2) is 31.6 Å². The van der Waals surface area contributed by atoms with E-state index in [1.807, 2.05) is 0 Å². The van der Waals surface area contributed by atoms with Gasteiger partial charge in [-0.3, -0.25) is 4.90 Å². The highest BCUT2D eigenvalue weighted by Gasteiger charge is 2.23. The molecule has 1 aromatic carbocycles. The Morgan fingerprint density at radius 2 is 2.06 bits per heavy atom. The van der Waals surface area contributed by atoms with E-state index in [0.717, 1.165) is 18.7 Å². The number of methoxy groups -OCH3 is 1. The summed E-state index contributed by atoms with van der Waals surface area (Å²) in [6, 6.07) is 6.85. The molecule has 1 heterocycles. The fourth-order valence-corrected chi connectivity index (χ4v) is 2.89. The van der Waals surface area contributed by atoms with Crippen LogP contribution >= 0.6 is 0 Å². The van der Waals surface area contributed by atoms with E-state index in [-0.39, 0.29) is 0 Å². The summed E-state index contributed by atoms with van der Waals surface area (Å²) in [5.41, 5.74) is 8.50. The van der Waals surface area contributed by atoms with E-state index < -0.39 is 0 Å². The van der Waals surface area contributed by atoms with Crippen molar-refractivity contribution in [2.24, 2.45) is 5.73 Å². The minimum atomic E-state index is 0.475. The van der Waals surface area contributed by atoms with Gasteiger partial charge in [-0.25, -0.2) is 0 Å². The van der Waals surface area contributed by atoms with Crippen molar-refractivity contribution in [1.29, 1.82) is 0 Å². The summed E-state index contributed by atoms with van der Waals surface area (Å²) in [4.78, 5) is 2.57. The monoisotopic (exact) mass is 248 g/mol. The first-order valence-corrected chi connectivity index (χ1v) is 6.85. The molecular weight excluding hydrogens is 224 g/mol. The van der Waals surface area contributed by atoms with Gasteiger partial charge < -0.3 is 10.5 Å². The fourth-order valence-electron chi connectivity index (χ4n) is 2.89. The lowest BCUT2D eigenvalue weighted by molar-refractivity contribution is 0.235. The molecule has 2 N–H and O–H groups in total. The molecule has 3 heteroatoms. The SMILES string of the molecule is COc1ccc(C(CCN)N2CCCC2)c(C)c1. The summed E-state index contributed by atoms with van der Waals surface area (Å²) >= 11 is 0. The molecule has 100 valence electrons. The zero-order valence-corrected chi connectivity index (χ0v) is 11.5. The Balaban J connectivity index is 2.23. The lowest BCUT2D eigenvalue weighted by Gasteiger charge is -2.29. The molecule has 1 aliphatic rings. The van der Waals surface area contributed by atoms with E-state index in [1.54, 1.807) is 7.11 Å². The molecule has 0 spiro atoms. The van der Waals surface area contributed by atoms with E-state index in [0.29, 0.717) is 6.04 Å². The Labute approximate surface area is 110 Å². The Kier molecular flexibility index (Phi) is 4.61. The molecule has 0 amide bonds. The van der Waals surface area contributed by atoms with Crippen LogP contribution in [0.1, 0.15) is 36.4 Å². The van der Waals surface area contributed by atoms with Gasteiger partial charge in [0.1, 0.15) is 5.75 Å². The first kappa shape index (κ1) is 13.4. The number of aryl methyl sites for hydroxylation is 1. The maximum absolute atomic E-state index is 5.79. The number of nitrogens with two attached hydrogens (primary N) is 1. The minimum Gasteiger partial charge on any atom is -0.497 e. The van der Waals surface area contributed by atoms with Gasteiger partial charge in [0, 0.05) is 6.04 Å². The molecule has 1 fully saturated rings. The van der Waals surface area contributed by atoms with Crippen LogP contribution in [0.25, 0.3) is 0 Å². The average molecular weight is 248 g/mol. The topological polar surface area (TPSA) is 38.5 Å². The Bertz CT molecular complexity index is 386. The summed E-state index contributed by atoms with van der Waals surface area (Å²) in [7, 11) is 1.71. The van der Waals surface area contributed by atoms with Crippen LogP contribution in [0.15, 0.2) is 18.2 Å². The largest absolute Gasteiger partial charge is 0.497 e. The highest BCUT2D eigenvalue weighted by Crippen LogP contribution is 2.31. The molecule has 0 aromatic heterocycles. The standard InChI is InChI=1S/C15H24N2O/c1-12-11-13(18-2)5-6-14(12)15(7-8-16)17-9-3-4-10-17/h5-6,11,15H,3-4,7-10,16H2,1-2H3. The summed E-state index contributed by atoms with van der Waals surface area (Å²) in [5.74, 6) is 0.934. The maximum Gasteiger partial charge on any atom is 0.119 e. The van der Waals surface area contributed by atoms with Gasteiger partial charge in [0.2, 0.25) is 0 Å². The smallest absolute Gasteiger partial charge is 0.119 e. The molecule has 3 nitrogen and oxygen atoms in total. The number of ether oxygens (including phenoxy) is 1. The molecule has 1 aromatic rings. The van der Waals surface area contributed by atoms with Gasteiger partial charge in [-0.05, 0) is 69.1 Å². The van der Waals surface area contributed by atoms with Crippen LogP contribution in [-0.2, 0) is 0 Å². The second kappa shape index (κ2) is 6.21. The van der Waals surface area contributed by atoms with Gasteiger partial charge in [-0.2, -0.15) is 0 Å². The van der Waals surface area contributed by atoms with Gasteiger partial charge in [0.05, 0.1) is 7.11 Å². The minimum absolute atomic E-state index is 0.475. The van der Waals surface area contributed by atoms with Crippen molar-refractivity contribution in [3.8, 4) is 5.75 Å². The number of hydrogen-bond donors (Lipinski definition) is 1. The van der Waals surface area contributed by atoms with Gasteiger partial charge >= 0.3 is 0 Å². The zero-order chi connectivity index (χ0) is 13.0. The molecular formula is C15H24N2O. The van der Waals surface area contributed by atoms with Crippen LogP contribution in [0.2, 0.25) is 0 Å². The third-order valence-electron chi connectivity index (χ3n) is 3.86. The fraction of sp³-hybridized carbons (Fsp3) is 0.600. The molecule has 1 unspecified atom stereocenters. The molecule has 0 saturated carbocycles. The number of benzene rings is 1. The molecule has 0 bridgehead atoms. The van der Waals surface area contributed by atoms with Crippen molar-refractivity contribution in [3.05, 3.63) is 29.3 Å². The number of hydrogen-bond acceptors (Lipinski definition) is 3. The lowest BCUT2D eigenvalue weighted by Crippen LogP contribution is -2.28. The first-order valence-electron chi connectivity index (χ1n) is 6.85. The summed E-state index contributed by atoms with van der Waals surface area (Å²) in [5, 5.41) is 0. The second-order valence-corrected chi connectivity index (χ2v) is 5.06. The third kappa shape index (κ3) is 2.85. The number of rotatable bonds is 5. The van der Waals surface area contributed by atoms with E-state index in [4.69, 9.17) is 10.5 Å². The van der Waals surface area contributed by atoms with Crippen molar-refractivity contribution < 1.29 is 4.74 Å². The first-order chi connectivity index (χ1) is 8.76. The summed E-state index contributed by atoms with van der Waals surface area (Å²) in [6.45, 7) is 5.32. The number of likely N-dealkylation sites (tertiary alicyclic amines) is 1. The number of nitrogens with zero attached hydrogens (tertiary/aromatic N) is 1. The normalized spacial score (nSPS) is 17.9. The zero-order valence-electron chi connectivity index (χ0n) is 11.5. The van der Waals surface area contributed by atoms with Crippen LogP contribution in [0, 0.1) is 6.92 Å². The predicted octanol–water partition coefficient (Wildman–Crippen LogP) is 2.49. The van der Waals surface area contributed by atoms with E-state index in [9.17, 15) is 0 Å². The molecule has 2 rings (SSSR count). The van der Waals surface area contributed by atoms with Crippen molar-refractivity contribution in [1.82, 2.24) is 4.90 Å². The quantitative estimate of drug-likeness (QED) is 0.870. The van der Waals surface area contributed by atoms with E-state index in [1.165, 1.54) is 37.1 Å². The summed E-state index contributed by atoms with van der Waals surface area (Å²) in [6.07, 6.45) is 3.67. The highest BCUT2D eigenvalue weighted by atomic mass is 16.5. The van der Waals surface area contributed by atoms with Crippen molar-refractivity contribution in [2.45, 2.75) is 32.2 Å². The molecule has 18 heavy (non-hydrogen) atoms. The van der Waals surface area contributed by atoms with Crippen LogP contribution in [0.4, 0.5) is 0 Å². The van der Waals surface area contributed by atoms with Crippen molar-refractivity contribution in [2.75, 3.05) is 26.7 Å². The van der Waals surface area contributed by atoms with Crippen molar-refractivity contribution >= 4 is 0 Å². The van der Waals surface area contributed by atoms with Crippen LogP contribution in [0.5, 0.6) is 5.75 Å². The van der Waals surface area contributed by atoms with Gasteiger partial charge in [-0.15, -0.1) is 0 Å². The molecule has 1 saturated heterocycles. The Morgan fingerprint density at radius 1 is 1.33 bits per heavy atom. The Morgan fingerprint density at radius 3 is 2.61 bits per heavy atom. The predicted molar refractivity (Wildman–Crippen MR) is 75.0 cm³/mol. The van der Waals surface area contributed by atoms with E-state index in [2.05, 4.69) is 30.0 Å². The van der Waals surface area contributed by atoms with Gasteiger partial charge in [-0.1, -0.05) is 6.07 Å².